The van der Waals surface area contributed by atoms with Gasteiger partial charge in [0.15, 0.2) is 0 Å². The number of aromatic hydroxyl groups is 1. The van der Waals surface area contributed by atoms with Gasteiger partial charge in [0.2, 0.25) is 5.75 Å². The molecule has 0 aliphatic carbocycles. The summed E-state index contributed by atoms with van der Waals surface area (Å²) in [7, 11) is 0. The van der Waals surface area contributed by atoms with Crippen LogP contribution in [0.3, 0.4) is 0 Å². The number of nitro benzene ring substituents is 2. The Bertz CT molecular complexity index is 380. The van der Waals surface area contributed by atoms with Gasteiger partial charge in [-0.3, -0.25) is 20.2 Å². The number of phenolic OH excluding ortho intramolecular Hbond substituents is 1. The van der Waals surface area contributed by atoms with Crippen LogP contribution in [-0.2, 0) is 0 Å². The van der Waals surface area contributed by atoms with Crippen molar-refractivity contribution in [2.45, 2.75) is 0 Å². The zero-order chi connectivity index (χ0) is 10.0. The summed E-state index contributed by atoms with van der Waals surface area (Å²) < 4.78 is 0. The van der Waals surface area contributed by atoms with Crippen LogP contribution in [0.1, 0.15) is 0 Å². The Hall–Kier alpha value is -2.25. The van der Waals surface area contributed by atoms with Crippen LogP contribution in [0.4, 0.5) is 11.4 Å². The number of benzene rings is 1. The molecule has 1 N–H and O–H groups in total. The monoisotopic (exact) mass is 203 g/mol. The van der Waals surface area contributed by atoms with Gasteiger partial charge in [-0.25, -0.2) is 0 Å². The van der Waals surface area contributed by atoms with Crippen LogP contribution in [0.25, 0.3) is 0 Å². The maximum atomic E-state index is 10.3. The zero-order valence-electron chi connectivity index (χ0n) is 6.58. The van der Waals surface area contributed by atoms with Crippen molar-refractivity contribution in [2.24, 2.45) is 0 Å². The third kappa shape index (κ3) is 1.91. The maximum Gasteiger partial charge on any atom is 0.387 e. The Kier molecular flexibility index (Phi) is 3.46. The van der Waals surface area contributed by atoms with E-state index in [1.165, 1.54) is 6.07 Å². The number of rotatable bonds is 2. The van der Waals surface area contributed by atoms with E-state index in [0.717, 1.165) is 12.1 Å². The van der Waals surface area contributed by atoms with E-state index in [0.29, 0.717) is 0 Å². The highest BCUT2D eigenvalue weighted by Gasteiger charge is 2.27. The fourth-order valence-corrected chi connectivity index (χ4v) is 0.854. The summed E-state index contributed by atoms with van der Waals surface area (Å²) in [5.74, 6) is -0.709. The molecule has 0 saturated heterocycles. The lowest BCUT2D eigenvalue weighted by Crippen LogP contribution is -3.00. The lowest BCUT2D eigenvalue weighted by molar-refractivity contribution is -0.423. The summed E-state index contributed by atoms with van der Waals surface area (Å²) in [5.41, 5.74) is -1.60. The van der Waals surface area contributed by atoms with Crippen molar-refractivity contribution < 1.29 is 19.7 Å². The van der Waals surface area contributed by atoms with E-state index < -0.39 is 27.0 Å². The lowest BCUT2D eigenvalue weighted by Gasteiger charge is -1.95. The number of phenols is 1. The molecule has 0 aliphatic heterocycles. The highest BCUT2D eigenvalue weighted by atomic mass is 19.0. The maximum absolute atomic E-state index is 10.3. The molecule has 0 bridgehead atoms. The van der Waals surface area contributed by atoms with Crippen LogP contribution in [0, 0.1) is 20.2 Å². The van der Waals surface area contributed by atoms with Crippen molar-refractivity contribution in [3.63, 3.8) is 0 Å². The van der Waals surface area contributed by atoms with Gasteiger partial charge in [0.25, 0.3) is 0 Å². The molecule has 0 amide bonds. The van der Waals surface area contributed by atoms with E-state index in [1.54, 1.807) is 0 Å². The molecule has 0 heterocycles. The first-order chi connectivity index (χ1) is 6.04. The molecular formula is C6H4FN2O5-. The molecule has 0 unspecified atom stereocenters. The SMILES string of the molecule is O=[N+]([O-])c1cccc(O)c1[N+](=O)[O-].[F-]. The predicted octanol–water partition coefficient (Wildman–Crippen LogP) is -1.79. The molecule has 0 aliphatic rings. The fraction of sp³-hybridized carbons (Fsp3) is 0. The van der Waals surface area contributed by atoms with Crippen molar-refractivity contribution in [1.82, 2.24) is 0 Å². The first-order valence-corrected chi connectivity index (χ1v) is 3.15. The van der Waals surface area contributed by atoms with Crippen molar-refractivity contribution in [3.8, 4) is 5.75 Å². The summed E-state index contributed by atoms with van der Waals surface area (Å²) >= 11 is 0. The fourth-order valence-electron chi connectivity index (χ4n) is 0.854. The van der Waals surface area contributed by atoms with Crippen LogP contribution in [0.2, 0.25) is 0 Å². The number of nitrogens with zero attached hydrogens (tertiary/aromatic N) is 2. The second-order valence-corrected chi connectivity index (χ2v) is 2.16. The first-order valence-electron chi connectivity index (χ1n) is 3.15. The van der Waals surface area contributed by atoms with Gasteiger partial charge in [-0.1, -0.05) is 6.07 Å². The normalized spacial score (nSPS) is 8.86. The Labute approximate surface area is 76.3 Å². The van der Waals surface area contributed by atoms with Crippen molar-refractivity contribution in [2.75, 3.05) is 0 Å². The molecule has 1 aromatic rings. The van der Waals surface area contributed by atoms with E-state index in [-0.39, 0.29) is 4.70 Å². The van der Waals surface area contributed by atoms with Gasteiger partial charge < -0.3 is 9.81 Å². The Balaban J connectivity index is 0.00000169. The van der Waals surface area contributed by atoms with Gasteiger partial charge in [0.05, 0.1) is 9.85 Å². The first kappa shape index (κ1) is 11.8. The summed E-state index contributed by atoms with van der Waals surface area (Å²) in [6.07, 6.45) is 0. The second kappa shape index (κ2) is 4.12. The molecule has 76 valence electrons. The summed E-state index contributed by atoms with van der Waals surface area (Å²) in [6.45, 7) is 0. The van der Waals surface area contributed by atoms with Gasteiger partial charge in [-0.2, -0.15) is 0 Å². The minimum atomic E-state index is -0.993. The number of para-hydroxylation sites is 1. The molecule has 0 aromatic heterocycles. The van der Waals surface area contributed by atoms with E-state index in [4.69, 9.17) is 5.11 Å². The van der Waals surface area contributed by atoms with Crippen molar-refractivity contribution in [1.29, 1.82) is 0 Å². The molecule has 14 heavy (non-hydrogen) atoms. The topological polar surface area (TPSA) is 107 Å². The van der Waals surface area contributed by atoms with Gasteiger partial charge >= 0.3 is 11.4 Å². The number of hydrogen-bond donors (Lipinski definition) is 1. The third-order valence-corrected chi connectivity index (χ3v) is 1.37. The average molecular weight is 203 g/mol. The molecule has 0 fully saturated rings. The molecular weight excluding hydrogens is 199 g/mol. The van der Waals surface area contributed by atoms with Crippen LogP contribution in [0.15, 0.2) is 18.2 Å². The standard InChI is InChI=1S/C6H4N2O5.FH/c9-5-3-1-2-4(7(10)11)6(5)8(12)13;/h1-3,9H;1H/p-1. The molecule has 1 rings (SSSR count). The molecule has 0 atom stereocenters. The zero-order valence-corrected chi connectivity index (χ0v) is 6.58. The number of halogens is 1. The highest BCUT2D eigenvalue weighted by molar-refractivity contribution is 5.60. The Morgan fingerprint density at radius 3 is 2.07 bits per heavy atom. The van der Waals surface area contributed by atoms with E-state index in [2.05, 4.69) is 0 Å². The predicted molar refractivity (Wildman–Crippen MR) is 41.4 cm³/mol. The third-order valence-electron chi connectivity index (χ3n) is 1.37. The van der Waals surface area contributed by atoms with Crippen LogP contribution in [0.5, 0.6) is 5.75 Å². The van der Waals surface area contributed by atoms with Crippen molar-refractivity contribution >= 4 is 11.4 Å². The number of nitro groups is 2. The summed E-state index contributed by atoms with van der Waals surface area (Å²) in [6, 6.07) is 3.14. The lowest BCUT2D eigenvalue weighted by atomic mass is 10.2. The average Bonchev–Trinajstić information content (AvgIpc) is 2.02. The number of hydrogen-bond acceptors (Lipinski definition) is 5. The molecule has 1 aromatic carbocycles. The second-order valence-electron chi connectivity index (χ2n) is 2.16. The molecule has 0 spiro atoms. The molecule has 7 nitrogen and oxygen atoms in total. The molecule has 0 radical (unpaired) electrons. The minimum Gasteiger partial charge on any atom is -1.00 e. The van der Waals surface area contributed by atoms with Gasteiger partial charge in [-0.15, -0.1) is 0 Å². The summed E-state index contributed by atoms with van der Waals surface area (Å²) in [4.78, 5) is 18.6. The minimum absolute atomic E-state index is 0. The Morgan fingerprint density at radius 2 is 1.71 bits per heavy atom. The van der Waals surface area contributed by atoms with Gasteiger partial charge in [0.1, 0.15) is 0 Å². The quantitative estimate of drug-likeness (QED) is 0.451. The van der Waals surface area contributed by atoms with Gasteiger partial charge in [-0.05, 0) is 6.07 Å². The van der Waals surface area contributed by atoms with Crippen LogP contribution >= 0.6 is 0 Å². The van der Waals surface area contributed by atoms with E-state index in [1.807, 2.05) is 0 Å². The van der Waals surface area contributed by atoms with Crippen LogP contribution < -0.4 is 4.70 Å². The van der Waals surface area contributed by atoms with Gasteiger partial charge in [0, 0.05) is 6.07 Å². The van der Waals surface area contributed by atoms with Crippen LogP contribution in [-0.4, -0.2) is 15.0 Å². The van der Waals surface area contributed by atoms with E-state index >= 15 is 0 Å². The summed E-state index contributed by atoms with van der Waals surface area (Å²) in [5, 5.41) is 29.5. The largest absolute Gasteiger partial charge is 1.00 e. The molecule has 8 heteroatoms. The van der Waals surface area contributed by atoms with Crippen molar-refractivity contribution in [3.05, 3.63) is 38.4 Å². The van der Waals surface area contributed by atoms with E-state index in [9.17, 15) is 20.2 Å². The molecule has 0 saturated carbocycles. The Morgan fingerprint density at radius 1 is 1.14 bits per heavy atom. The highest BCUT2D eigenvalue weighted by Crippen LogP contribution is 2.34. The smallest absolute Gasteiger partial charge is 0.387 e.